The van der Waals surface area contributed by atoms with Crippen molar-refractivity contribution < 1.29 is 0 Å². The monoisotopic (exact) mass is 302 g/mol. The Morgan fingerprint density at radius 3 is 2.67 bits per heavy atom. The summed E-state index contributed by atoms with van der Waals surface area (Å²) in [5.41, 5.74) is 3.82. The van der Waals surface area contributed by atoms with Crippen molar-refractivity contribution in [2.24, 2.45) is 0 Å². The molecule has 2 aromatic carbocycles. The van der Waals surface area contributed by atoms with E-state index in [1.165, 1.54) is 16.8 Å². The molecule has 1 N–H and O–H groups in total. The molecular weight excluding hydrogens is 280 g/mol. The van der Waals surface area contributed by atoms with Crippen LogP contribution in [0.4, 0.5) is 5.69 Å². The van der Waals surface area contributed by atoms with Crippen LogP contribution in [-0.4, -0.2) is 13.6 Å². The van der Waals surface area contributed by atoms with E-state index in [-0.39, 0.29) is 0 Å². The third kappa shape index (κ3) is 4.76. The lowest BCUT2D eigenvalue weighted by Crippen LogP contribution is -2.21. The minimum atomic E-state index is 0.791. The zero-order valence-electron chi connectivity index (χ0n) is 12.8. The van der Waals surface area contributed by atoms with Gasteiger partial charge in [0.15, 0.2) is 0 Å². The van der Waals surface area contributed by atoms with E-state index in [9.17, 15) is 0 Å². The molecule has 0 aliphatic heterocycles. The molecule has 0 bridgehead atoms. The summed E-state index contributed by atoms with van der Waals surface area (Å²) in [5, 5.41) is 4.26. The Morgan fingerprint density at radius 1 is 1.10 bits per heavy atom. The number of anilines is 1. The number of hydrogen-bond donors (Lipinski definition) is 1. The van der Waals surface area contributed by atoms with E-state index in [0.29, 0.717) is 0 Å². The molecule has 0 aliphatic rings. The number of rotatable bonds is 7. The molecule has 0 fully saturated rings. The minimum Gasteiger partial charge on any atom is -0.370 e. The lowest BCUT2D eigenvalue weighted by atomic mass is 10.1. The lowest BCUT2D eigenvalue weighted by Gasteiger charge is -2.23. The molecule has 0 saturated carbocycles. The fourth-order valence-corrected chi connectivity index (χ4v) is 2.64. The summed E-state index contributed by atoms with van der Waals surface area (Å²) in [5.74, 6) is 0. The molecule has 21 heavy (non-hydrogen) atoms. The lowest BCUT2D eigenvalue weighted by molar-refractivity contribution is 0.673. The first-order valence-electron chi connectivity index (χ1n) is 7.45. The van der Waals surface area contributed by atoms with E-state index in [1.807, 2.05) is 18.2 Å². The van der Waals surface area contributed by atoms with Gasteiger partial charge in [-0.2, -0.15) is 0 Å². The number of nitrogens with zero attached hydrogens (tertiary/aromatic N) is 1. The van der Waals surface area contributed by atoms with Crippen LogP contribution in [0.2, 0.25) is 5.02 Å². The van der Waals surface area contributed by atoms with Crippen LogP contribution >= 0.6 is 11.6 Å². The standard InChI is InChI=1S/C18H23ClN2/c1-3-11-20-13-16-8-4-5-10-18(16)21(2)14-15-7-6-9-17(19)12-15/h4-10,12,20H,3,11,13-14H2,1-2H3. The normalized spacial score (nSPS) is 10.6. The van der Waals surface area contributed by atoms with Gasteiger partial charge in [0, 0.05) is 30.8 Å². The first kappa shape index (κ1) is 15.9. The predicted octanol–water partition coefficient (Wildman–Crippen LogP) is 4.48. The second-order valence-electron chi connectivity index (χ2n) is 5.29. The van der Waals surface area contributed by atoms with Crippen molar-refractivity contribution in [1.82, 2.24) is 5.32 Å². The Bertz CT molecular complexity index is 569. The molecule has 0 atom stereocenters. The summed E-state index contributed by atoms with van der Waals surface area (Å²) in [6.07, 6.45) is 1.15. The van der Waals surface area contributed by atoms with Gasteiger partial charge in [0.25, 0.3) is 0 Å². The van der Waals surface area contributed by atoms with Gasteiger partial charge in [0.2, 0.25) is 0 Å². The van der Waals surface area contributed by atoms with Crippen LogP contribution in [0.5, 0.6) is 0 Å². The van der Waals surface area contributed by atoms with Gasteiger partial charge in [-0.3, -0.25) is 0 Å². The smallest absolute Gasteiger partial charge is 0.0426 e. The third-order valence-electron chi connectivity index (χ3n) is 3.45. The molecule has 0 radical (unpaired) electrons. The Kier molecular flexibility index (Phi) is 6.09. The molecule has 112 valence electrons. The zero-order chi connectivity index (χ0) is 15.1. The highest BCUT2D eigenvalue weighted by atomic mass is 35.5. The van der Waals surface area contributed by atoms with Gasteiger partial charge >= 0.3 is 0 Å². The molecule has 3 heteroatoms. The number of hydrogen-bond acceptors (Lipinski definition) is 2. The van der Waals surface area contributed by atoms with E-state index >= 15 is 0 Å². The van der Waals surface area contributed by atoms with Gasteiger partial charge in [-0.05, 0) is 42.3 Å². The maximum atomic E-state index is 6.06. The Labute approximate surface area is 132 Å². The van der Waals surface area contributed by atoms with Crippen LogP contribution in [0, 0.1) is 0 Å². The summed E-state index contributed by atoms with van der Waals surface area (Å²) in [6, 6.07) is 16.6. The van der Waals surface area contributed by atoms with Crippen LogP contribution in [0.25, 0.3) is 0 Å². The maximum absolute atomic E-state index is 6.06. The second-order valence-corrected chi connectivity index (χ2v) is 5.73. The topological polar surface area (TPSA) is 15.3 Å². The van der Waals surface area contributed by atoms with Crippen molar-refractivity contribution in [3.63, 3.8) is 0 Å². The van der Waals surface area contributed by atoms with Gasteiger partial charge in [0.05, 0.1) is 0 Å². The van der Waals surface area contributed by atoms with E-state index in [0.717, 1.165) is 31.1 Å². The summed E-state index contributed by atoms with van der Waals surface area (Å²) in [4.78, 5) is 2.27. The summed E-state index contributed by atoms with van der Waals surface area (Å²) < 4.78 is 0. The zero-order valence-corrected chi connectivity index (χ0v) is 13.5. The fraction of sp³-hybridized carbons (Fsp3) is 0.333. The van der Waals surface area contributed by atoms with Crippen LogP contribution < -0.4 is 10.2 Å². The molecule has 0 aromatic heterocycles. The maximum Gasteiger partial charge on any atom is 0.0426 e. The first-order valence-corrected chi connectivity index (χ1v) is 7.82. The van der Waals surface area contributed by atoms with Crippen LogP contribution in [0.15, 0.2) is 48.5 Å². The van der Waals surface area contributed by atoms with Crippen molar-refractivity contribution in [2.45, 2.75) is 26.4 Å². The molecule has 0 unspecified atom stereocenters. The largest absolute Gasteiger partial charge is 0.370 e. The van der Waals surface area contributed by atoms with Crippen molar-refractivity contribution in [2.75, 3.05) is 18.5 Å². The van der Waals surface area contributed by atoms with Gasteiger partial charge in [-0.25, -0.2) is 0 Å². The highest BCUT2D eigenvalue weighted by Gasteiger charge is 2.07. The van der Waals surface area contributed by atoms with Crippen molar-refractivity contribution in [3.05, 3.63) is 64.7 Å². The van der Waals surface area contributed by atoms with E-state index in [1.54, 1.807) is 0 Å². The van der Waals surface area contributed by atoms with Crippen molar-refractivity contribution in [3.8, 4) is 0 Å². The summed E-state index contributed by atoms with van der Waals surface area (Å²) in [6.45, 7) is 4.99. The van der Waals surface area contributed by atoms with Crippen LogP contribution in [0.1, 0.15) is 24.5 Å². The van der Waals surface area contributed by atoms with E-state index in [4.69, 9.17) is 11.6 Å². The highest BCUT2D eigenvalue weighted by Crippen LogP contribution is 2.22. The van der Waals surface area contributed by atoms with Crippen LogP contribution in [-0.2, 0) is 13.1 Å². The molecular formula is C18H23ClN2. The molecule has 0 spiro atoms. The van der Waals surface area contributed by atoms with Crippen molar-refractivity contribution >= 4 is 17.3 Å². The fourth-order valence-electron chi connectivity index (χ4n) is 2.43. The number of nitrogens with one attached hydrogen (secondary N) is 1. The van der Waals surface area contributed by atoms with Crippen LogP contribution in [0.3, 0.4) is 0 Å². The van der Waals surface area contributed by atoms with Crippen molar-refractivity contribution in [1.29, 1.82) is 0 Å². The Hall–Kier alpha value is -1.51. The van der Waals surface area contributed by atoms with Gasteiger partial charge in [-0.15, -0.1) is 0 Å². The molecule has 0 saturated heterocycles. The molecule has 0 amide bonds. The van der Waals surface area contributed by atoms with E-state index < -0.39 is 0 Å². The predicted molar refractivity (Wildman–Crippen MR) is 92.0 cm³/mol. The molecule has 0 heterocycles. The third-order valence-corrected chi connectivity index (χ3v) is 3.69. The summed E-state index contributed by atoms with van der Waals surface area (Å²) >= 11 is 6.06. The molecule has 0 aliphatic carbocycles. The Morgan fingerprint density at radius 2 is 1.90 bits per heavy atom. The average molecular weight is 303 g/mol. The Balaban J connectivity index is 2.09. The van der Waals surface area contributed by atoms with Gasteiger partial charge < -0.3 is 10.2 Å². The number of para-hydroxylation sites is 1. The molecule has 2 aromatic rings. The number of benzene rings is 2. The highest BCUT2D eigenvalue weighted by molar-refractivity contribution is 6.30. The van der Waals surface area contributed by atoms with E-state index in [2.05, 4.69) is 54.5 Å². The van der Waals surface area contributed by atoms with Gasteiger partial charge in [0.1, 0.15) is 0 Å². The second kappa shape index (κ2) is 8.06. The minimum absolute atomic E-state index is 0.791. The average Bonchev–Trinajstić information content (AvgIpc) is 2.48. The SMILES string of the molecule is CCCNCc1ccccc1N(C)Cc1cccc(Cl)c1. The number of halogens is 1. The molecule has 2 nitrogen and oxygen atoms in total. The summed E-state index contributed by atoms with van der Waals surface area (Å²) in [7, 11) is 2.12. The van der Waals surface area contributed by atoms with Gasteiger partial charge in [-0.1, -0.05) is 48.9 Å². The molecule has 2 rings (SSSR count). The first-order chi connectivity index (χ1) is 10.2. The quantitative estimate of drug-likeness (QED) is 0.759.